The molecule has 1 fully saturated rings. The van der Waals surface area contributed by atoms with Gasteiger partial charge < -0.3 is 21.0 Å². The average molecular weight is 606 g/mol. The minimum absolute atomic E-state index is 0.00352. The smallest absolute Gasteiger partial charge is 0.362 e. The predicted molar refractivity (Wildman–Crippen MR) is 151 cm³/mol. The molecule has 1 aliphatic rings. The maximum atomic E-state index is 13.1. The fourth-order valence-electron chi connectivity index (χ4n) is 4.41. The van der Waals surface area contributed by atoms with Gasteiger partial charge in [-0.2, -0.15) is 13.5 Å². The van der Waals surface area contributed by atoms with Gasteiger partial charge in [0.15, 0.2) is 23.2 Å². The first kappa shape index (κ1) is 30.1. The average Bonchev–Trinajstić information content (AvgIpc) is 3.56. The van der Waals surface area contributed by atoms with E-state index in [2.05, 4.69) is 15.2 Å². The first-order valence-corrected chi connectivity index (χ1v) is 14.9. The third kappa shape index (κ3) is 6.90. The summed E-state index contributed by atoms with van der Waals surface area (Å²) in [6, 6.07) is 7.45. The Hall–Kier alpha value is -3.86. The van der Waals surface area contributed by atoms with E-state index in [4.69, 9.17) is 21.0 Å². The van der Waals surface area contributed by atoms with Crippen LogP contribution in [0.2, 0.25) is 0 Å². The summed E-state index contributed by atoms with van der Waals surface area (Å²) in [7, 11) is -4.75. The molecule has 0 spiro atoms. The summed E-state index contributed by atoms with van der Waals surface area (Å²) in [6.45, 7) is 4.36. The number of nitrogens with two attached hydrogens (primary N) is 2. The molecule has 14 nitrogen and oxygen atoms in total. The summed E-state index contributed by atoms with van der Waals surface area (Å²) in [6.07, 6.45) is 4.23. The van der Waals surface area contributed by atoms with Crippen molar-refractivity contribution in [3.05, 3.63) is 47.7 Å². The van der Waals surface area contributed by atoms with Crippen molar-refractivity contribution in [3.8, 4) is 16.9 Å². The Labute approximate surface area is 240 Å². The highest BCUT2D eigenvalue weighted by molar-refractivity contribution is 7.84. The molecule has 1 atom stereocenters. The lowest BCUT2D eigenvalue weighted by atomic mass is 9.75. The third-order valence-corrected chi connectivity index (χ3v) is 8.32. The zero-order chi connectivity index (χ0) is 29.8. The molecule has 0 saturated carbocycles. The molecule has 5 N–H and O–H groups in total. The van der Waals surface area contributed by atoms with Crippen molar-refractivity contribution in [2.75, 3.05) is 25.5 Å². The number of amides is 1. The summed E-state index contributed by atoms with van der Waals surface area (Å²) in [4.78, 5) is 34.9. The fourth-order valence-corrected chi connectivity index (χ4v) is 6.03. The number of β-lactam (4-membered cyclic amide) rings is 1. The second-order valence-electron chi connectivity index (χ2n) is 9.77. The van der Waals surface area contributed by atoms with E-state index >= 15 is 0 Å². The number of hydrogen-bond donors (Lipinski definition) is 3. The number of nitrogens with zero attached hydrogens (tertiary/aromatic N) is 5. The van der Waals surface area contributed by atoms with E-state index in [9.17, 15) is 22.6 Å². The molecule has 1 amide bonds. The highest BCUT2D eigenvalue weighted by Crippen LogP contribution is 2.41. The normalized spacial score (nSPS) is 16.9. The Morgan fingerprint density at radius 3 is 2.56 bits per heavy atom. The molecule has 16 heteroatoms. The molecule has 4 rings (SSSR count). The number of anilines is 1. The van der Waals surface area contributed by atoms with Gasteiger partial charge in [-0.1, -0.05) is 17.3 Å². The van der Waals surface area contributed by atoms with Crippen molar-refractivity contribution in [3.63, 3.8) is 0 Å². The van der Waals surface area contributed by atoms with Crippen LogP contribution in [-0.4, -0.2) is 74.7 Å². The molecule has 1 unspecified atom stereocenters. The number of aryl methyl sites for hydroxylation is 1. The van der Waals surface area contributed by atoms with Crippen LogP contribution in [-0.2, 0) is 31.3 Å². The van der Waals surface area contributed by atoms with E-state index in [0.717, 1.165) is 35.4 Å². The van der Waals surface area contributed by atoms with Gasteiger partial charge in [0.25, 0.3) is 0 Å². The standard InChI is InChI=1S/C25H31N7O7S2/c1-25(2)19(23(34)32(25)41(35,36)37)12-21(33)22(20-15-40-24(27)29-20)30-39-11-10-38-18-6-4-16(5-7-18)17-13-28-31(14-17)9-3-8-26/h4-7,13-15,19H,3,8-12,26H2,1-2H3,(H2,27,29)(H,35,36,37)/b30-22-. The Kier molecular flexibility index (Phi) is 9.06. The predicted octanol–water partition coefficient (Wildman–Crippen LogP) is 1.74. The molecule has 2 aromatic heterocycles. The summed E-state index contributed by atoms with van der Waals surface area (Å²) < 4.78 is 40.3. The van der Waals surface area contributed by atoms with Crippen LogP contribution in [0, 0.1) is 5.92 Å². The summed E-state index contributed by atoms with van der Waals surface area (Å²) >= 11 is 1.09. The van der Waals surface area contributed by atoms with Gasteiger partial charge in [-0.15, -0.1) is 11.3 Å². The Morgan fingerprint density at radius 2 is 1.95 bits per heavy atom. The van der Waals surface area contributed by atoms with Gasteiger partial charge in [-0.3, -0.25) is 18.8 Å². The van der Waals surface area contributed by atoms with Crippen LogP contribution >= 0.6 is 11.3 Å². The Balaban J connectivity index is 1.34. The monoisotopic (exact) mass is 605 g/mol. The van der Waals surface area contributed by atoms with Gasteiger partial charge in [-0.25, -0.2) is 9.29 Å². The topological polar surface area (TPSA) is 205 Å². The van der Waals surface area contributed by atoms with Crippen LogP contribution in [0.15, 0.2) is 47.2 Å². The van der Waals surface area contributed by atoms with Crippen molar-refractivity contribution in [2.24, 2.45) is 16.8 Å². The van der Waals surface area contributed by atoms with E-state index in [1.165, 1.54) is 19.2 Å². The summed E-state index contributed by atoms with van der Waals surface area (Å²) in [5, 5.41) is 9.99. The lowest BCUT2D eigenvalue weighted by Gasteiger charge is -2.50. The number of carbonyl (C=O) groups excluding carboxylic acids is 2. The van der Waals surface area contributed by atoms with E-state index in [1.54, 1.807) is 6.20 Å². The molecule has 0 radical (unpaired) electrons. The van der Waals surface area contributed by atoms with Crippen molar-refractivity contribution in [2.45, 2.75) is 38.8 Å². The number of ketones is 1. The van der Waals surface area contributed by atoms with Crippen LogP contribution in [0.25, 0.3) is 11.1 Å². The molecule has 1 aliphatic heterocycles. The minimum atomic E-state index is -4.75. The third-order valence-electron chi connectivity index (χ3n) is 6.53. The number of hydrogen-bond acceptors (Lipinski definition) is 12. The first-order valence-electron chi connectivity index (χ1n) is 12.6. The van der Waals surface area contributed by atoms with E-state index in [-0.39, 0.29) is 36.2 Å². The molecule has 220 valence electrons. The van der Waals surface area contributed by atoms with Crippen molar-refractivity contribution in [1.29, 1.82) is 0 Å². The highest BCUT2D eigenvalue weighted by atomic mass is 32.2. The molecule has 41 heavy (non-hydrogen) atoms. The van der Waals surface area contributed by atoms with Crippen molar-refractivity contribution >= 4 is 44.2 Å². The number of aromatic nitrogens is 3. The maximum absolute atomic E-state index is 13.1. The van der Waals surface area contributed by atoms with Crippen molar-refractivity contribution < 1.29 is 32.1 Å². The number of rotatable bonds is 14. The number of ether oxygens (including phenoxy) is 1. The SMILES string of the molecule is CC1(C)C(CC(=O)/C(=N\OCCOc2ccc(-c3cnn(CCCN)c3)cc2)c2csc(N)n2)C(=O)N1S(=O)(=O)O. The zero-order valence-corrected chi connectivity index (χ0v) is 24.1. The van der Waals surface area contributed by atoms with Gasteiger partial charge in [0, 0.05) is 30.1 Å². The molecule has 3 aromatic rings. The maximum Gasteiger partial charge on any atom is 0.362 e. The molecule has 1 saturated heterocycles. The molecule has 1 aromatic carbocycles. The lowest BCUT2D eigenvalue weighted by Crippen LogP contribution is -2.69. The molecular formula is C25H31N7O7S2. The van der Waals surface area contributed by atoms with Crippen LogP contribution in [0.1, 0.15) is 32.4 Å². The second kappa shape index (κ2) is 12.3. The van der Waals surface area contributed by atoms with Gasteiger partial charge >= 0.3 is 10.3 Å². The number of Topliss-reactive ketones (excluding diaryl/α,β-unsaturated/α-hetero) is 1. The number of carbonyl (C=O) groups is 2. The van der Waals surface area contributed by atoms with Gasteiger partial charge in [-0.05, 0) is 44.5 Å². The first-order chi connectivity index (χ1) is 19.4. The molecule has 0 aliphatic carbocycles. The molecule has 0 bridgehead atoms. The number of thiazole rings is 1. The fraction of sp³-hybridized carbons (Fsp3) is 0.400. The van der Waals surface area contributed by atoms with Crippen LogP contribution < -0.4 is 16.2 Å². The van der Waals surface area contributed by atoms with E-state index in [0.29, 0.717) is 16.6 Å². The van der Waals surface area contributed by atoms with Gasteiger partial charge in [0.2, 0.25) is 5.91 Å². The largest absolute Gasteiger partial charge is 0.490 e. The Bertz CT molecular complexity index is 1530. The number of benzene rings is 1. The highest BCUT2D eigenvalue weighted by Gasteiger charge is 2.59. The number of oxime groups is 1. The quantitative estimate of drug-likeness (QED) is 0.0793. The lowest BCUT2D eigenvalue weighted by molar-refractivity contribution is -0.156. The summed E-state index contributed by atoms with van der Waals surface area (Å²) in [5.74, 6) is -1.87. The van der Waals surface area contributed by atoms with Crippen LogP contribution in [0.3, 0.4) is 0 Å². The number of nitrogen functional groups attached to an aromatic ring is 1. The van der Waals surface area contributed by atoms with E-state index in [1.807, 2.05) is 35.1 Å². The zero-order valence-electron chi connectivity index (χ0n) is 22.5. The van der Waals surface area contributed by atoms with E-state index < -0.39 is 33.5 Å². The Morgan fingerprint density at radius 1 is 1.22 bits per heavy atom. The molecule has 3 heterocycles. The molecular weight excluding hydrogens is 574 g/mol. The second-order valence-corrected chi connectivity index (χ2v) is 11.9. The summed E-state index contributed by atoms with van der Waals surface area (Å²) in [5.41, 5.74) is 11.9. The minimum Gasteiger partial charge on any atom is -0.490 e. The van der Waals surface area contributed by atoms with Crippen molar-refractivity contribution in [1.82, 2.24) is 19.1 Å². The van der Waals surface area contributed by atoms with Gasteiger partial charge in [0.05, 0.1) is 17.7 Å². The van der Waals surface area contributed by atoms with Gasteiger partial charge in [0.1, 0.15) is 18.1 Å². The van der Waals surface area contributed by atoms with Crippen LogP contribution in [0.4, 0.5) is 5.13 Å². The van der Waals surface area contributed by atoms with Crippen LogP contribution in [0.5, 0.6) is 5.75 Å².